The topological polar surface area (TPSA) is 90.0 Å². The Hall–Kier alpha value is -2.93. The van der Waals surface area contributed by atoms with Gasteiger partial charge in [-0.1, -0.05) is 6.07 Å². The highest BCUT2D eigenvalue weighted by Gasteiger charge is 2.37. The zero-order chi connectivity index (χ0) is 19.1. The largest absolute Gasteiger partial charge is 0.507 e. The highest BCUT2D eigenvalue weighted by atomic mass is 16.3. The molecular formula is C21H24N6O. The standard InChI is InChI=1S/C21H24N6O/c1-27(19-9-16-4-2-14(19)10-22-16)21-7-6-18(25-26-21)17-5-3-13(8-20(17)28)15-11-23-24-12-15/h3,5-8,11-12,14,16,19,22,28H,2,4,9-10H2,1H3,(H,23,24)/t14-,16-,19+/m0/s1. The van der Waals surface area contributed by atoms with Gasteiger partial charge in [-0.2, -0.15) is 5.10 Å². The zero-order valence-corrected chi connectivity index (χ0v) is 15.8. The quantitative estimate of drug-likeness (QED) is 0.649. The van der Waals surface area contributed by atoms with Gasteiger partial charge in [-0.3, -0.25) is 5.10 Å². The maximum Gasteiger partial charge on any atom is 0.151 e. The molecule has 3 aliphatic rings. The second kappa shape index (κ2) is 6.91. The summed E-state index contributed by atoms with van der Waals surface area (Å²) in [7, 11) is 2.12. The number of aromatic hydroxyl groups is 1. The van der Waals surface area contributed by atoms with Crippen LogP contribution in [0.1, 0.15) is 19.3 Å². The van der Waals surface area contributed by atoms with E-state index >= 15 is 0 Å². The Kier molecular flexibility index (Phi) is 4.24. The summed E-state index contributed by atoms with van der Waals surface area (Å²) in [6.07, 6.45) is 7.27. The molecule has 1 aromatic carbocycles. The van der Waals surface area contributed by atoms with E-state index in [4.69, 9.17) is 0 Å². The van der Waals surface area contributed by atoms with Gasteiger partial charge in [0, 0.05) is 43.0 Å². The van der Waals surface area contributed by atoms with Crippen molar-refractivity contribution in [3.63, 3.8) is 0 Å². The summed E-state index contributed by atoms with van der Waals surface area (Å²) in [5, 5.41) is 29.7. The maximum absolute atomic E-state index is 10.5. The van der Waals surface area contributed by atoms with Crippen molar-refractivity contribution < 1.29 is 5.11 Å². The Morgan fingerprint density at radius 2 is 2.04 bits per heavy atom. The molecule has 6 rings (SSSR count). The van der Waals surface area contributed by atoms with Gasteiger partial charge in [0.15, 0.2) is 5.82 Å². The number of phenols is 1. The van der Waals surface area contributed by atoms with Gasteiger partial charge in [0.05, 0.1) is 11.9 Å². The van der Waals surface area contributed by atoms with Crippen molar-refractivity contribution in [2.24, 2.45) is 5.92 Å². The van der Waals surface area contributed by atoms with Crippen LogP contribution in [-0.4, -0.2) is 51.2 Å². The van der Waals surface area contributed by atoms with Gasteiger partial charge in [-0.05, 0) is 55.0 Å². The fraction of sp³-hybridized carbons (Fsp3) is 0.381. The summed E-state index contributed by atoms with van der Waals surface area (Å²) >= 11 is 0. The highest BCUT2D eigenvalue weighted by Crippen LogP contribution is 2.35. The maximum atomic E-state index is 10.5. The molecule has 1 saturated carbocycles. The van der Waals surface area contributed by atoms with Crippen molar-refractivity contribution >= 4 is 5.82 Å². The molecule has 0 amide bonds. The van der Waals surface area contributed by atoms with Crippen LogP contribution in [-0.2, 0) is 0 Å². The van der Waals surface area contributed by atoms with Crippen LogP contribution in [0.25, 0.3) is 22.4 Å². The number of anilines is 1. The van der Waals surface area contributed by atoms with Gasteiger partial charge in [-0.15, -0.1) is 10.2 Å². The molecule has 0 unspecified atom stereocenters. The van der Waals surface area contributed by atoms with E-state index in [1.165, 1.54) is 19.3 Å². The molecule has 1 aliphatic carbocycles. The van der Waals surface area contributed by atoms with Crippen LogP contribution in [0.5, 0.6) is 5.75 Å². The summed E-state index contributed by atoms with van der Waals surface area (Å²) in [6.45, 7) is 1.10. The van der Waals surface area contributed by atoms with E-state index in [2.05, 4.69) is 37.7 Å². The van der Waals surface area contributed by atoms with Gasteiger partial charge >= 0.3 is 0 Å². The molecule has 2 saturated heterocycles. The average Bonchev–Trinajstić information content (AvgIpc) is 3.29. The minimum absolute atomic E-state index is 0.185. The van der Waals surface area contributed by atoms with E-state index < -0.39 is 0 Å². The van der Waals surface area contributed by atoms with Crippen molar-refractivity contribution in [3.05, 3.63) is 42.7 Å². The molecule has 28 heavy (non-hydrogen) atoms. The Morgan fingerprint density at radius 1 is 1.11 bits per heavy atom. The lowest BCUT2D eigenvalue weighted by Crippen LogP contribution is -2.56. The predicted molar refractivity (Wildman–Crippen MR) is 108 cm³/mol. The predicted octanol–water partition coefficient (Wildman–Crippen LogP) is 2.82. The smallest absolute Gasteiger partial charge is 0.151 e. The van der Waals surface area contributed by atoms with Crippen molar-refractivity contribution in [1.82, 2.24) is 25.7 Å². The number of H-pyrrole nitrogens is 1. The third-order valence-electron chi connectivity index (χ3n) is 6.24. The van der Waals surface area contributed by atoms with E-state index in [1.54, 1.807) is 18.5 Å². The molecule has 144 valence electrons. The summed E-state index contributed by atoms with van der Waals surface area (Å²) in [5.74, 6) is 1.75. The number of aromatic nitrogens is 4. The molecule has 3 fully saturated rings. The SMILES string of the molecule is CN(c1ccc(-c2ccc(-c3cn[nH]c3)cc2O)nn1)[C@@H]1C[C@@H]2CC[C@H]1CN2. The lowest BCUT2D eigenvalue weighted by molar-refractivity contribution is 0.178. The molecule has 0 spiro atoms. The Labute approximate surface area is 163 Å². The first-order valence-corrected chi connectivity index (χ1v) is 9.81. The van der Waals surface area contributed by atoms with Crippen LogP contribution in [0.3, 0.4) is 0 Å². The number of nitrogens with one attached hydrogen (secondary N) is 2. The number of fused-ring (bicyclic) bond motifs is 3. The number of rotatable bonds is 4. The van der Waals surface area contributed by atoms with Crippen LogP contribution in [0.15, 0.2) is 42.7 Å². The minimum atomic E-state index is 0.185. The van der Waals surface area contributed by atoms with Gasteiger partial charge in [0.1, 0.15) is 5.75 Å². The molecule has 2 bridgehead atoms. The number of hydrogen-bond acceptors (Lipinski definition) is 6. The van der Waals surface area contributed by atoms with Gasteiger partial charge in [-0.25, -0.2) is 0 Å². The van der Waals surface area contributed by atoms with Crippen molar-refractivity contribution in [1.29, 1.82) is 0 Å². The van der Waals surface area contributed by atoms with Gasteiger partial charge in [0.25, 0.3) is 0 Å². The Balaban J connectivity index is 1.36. The molecule has 2 aromatic heterocycles. The van der Waals surface area contributed by atoms with E-state index in [1.807, 2.05) is 24.3 Å². The second-order valence-corrected chi connectivity index (χ2v) is 7.85. The van der Waals surface area contributed by atoms with Gasteiger partial charge < -0.3 is 15.3 Å². The van der Waals surface area contributed by atoms with E-state index in [9.17, 15) is 5.11 Å². The normalized spacial score (nSPS) is 23.7. The molecule has 7 heteroatoms. The number of nitrogens with zero attached hydrogens (tertiary/aromatic N) is 4. The lowest BCUT2D eigenvalue weighted by Gasteiger charge is -2.47. The first kappa shape index (κ1) is 17.2. The Morgan fingerprint density at radius 3 is 2.64 bits per heavy atom. The van der Waals surface area contributed by atoms with Gasteiger partial charge in [0.2, 0.25) is 0 Å². The van der Waals surface area contributed by atoms with E-state index in [0.717, 1.165) is 23.5 Å². The lowest BCUT2D eigenvalue weighted by atomic mass is 9.77. The van der Waals surface area contributed by atoms with E-state index in [0.29, 0.717) is 29.3 Å². The number of piperidine rings is 2. The number of hydrogen-bond donors (Lipinski definition) is 3. The Bertz CT molecular complexity index is 948. The molecule has 0 radical (unpaired) electrons. The fourth-order valence-corrected chi connectivity index (χ4v) is 4.59. The molecule has 7 nitrogen and oxygen atoms in total. The minimum Gasteiger partial charge on any atom is -0.507 e. The van der Waals surface area contributed by atoms with Crippen molar-refractivity contribution in [3.8, 4) is 28.1 Å². The third-order valence-corrected chi connectivity index (χ3v) is 6.24. The first-order chi connectivity index (χ1) is 13.7. The third kappa shape index (κ3) is 3.01. The molecule has 3 N–H and O–H groups in total. The summed E-state index contributed by atoms with van der Waals surface area (Å²) < 4.78 is 0. The number of phenolic OH excluding ortho intramolecular Hbond substituents is 1. The molecule has 2 aliphatic heterocycles. The van der Waals surface area contributed by atoms with Crippen molar-refractivity contribution in [2.45, 2.75) is 31.3 Å². The average molecular weight is 376 g/mol. The highest BCUT2D eigenvalue weighted by molar-refractivity contribution is 5.73. The van der Waals surface area contributed by atoms with Crippen LogP contribution < -0.4 is 10.2 Å². The summed E-state index contributed by atoms with van der Waals surface area (Å²) in [5.41, 5.74) is 3.18. The van der Waals surface area contributed by atoms with Crippen LogP contribution in [0, 0.1) is 5.92 Å². The molecule has 3 atom stereocenters. The zero-order valence-electron chi connectivity index (χ0n) is 15.8. The summed E-state index contributed by atoms with van der Waals surface area (Å²) in [4.78, 5) is 2.27. The van der Waals surface area contributed by atoms with E-state index in [-0.39, 0.29) is 5.75 Å². The van der Waals surface area contributed by atoms with Crippen LogP contribution >= 0.6 is 0 Å². The monoisotopic (exact) mass is 376 g/mol. The fourth-order valence-electron chi connectivity index (χ4n) is 4.59. The number of benzene rings is 1. The van der Waals surface area contributed by atoms with Crippen molar-refractivity contribution in [2.75, 3.05) is 18.5 Å². The summed E-state index contributed by atoms with van der Waals surface area (Å²) in [6, 6.07) is 10.6. The molecule has 4 heterocycles. The number of aromatic amines is 1. The first-order valence-electron chi connectivity index (χ1n) is 9.81. The second-order valence-electron chi connectivity index (χ2n) is 7.85. The van der Waals surface area contributed by atoms with Crippen LogP contribution in [0.4, 0.5) is 5.82 Å². The van der Waals surface area contributed by atoms with Crippen LogP contribution in [0.2, 0.25) is 0 Å². The molecular weight excluding hydrogens is 352 g/mol. The molecule has 3 aromatic rings.